The first-order valence-corrected chi connectivity index (χ1v) is 11.5. The Balaban J connectivity index is 1.78. The molecule has 2 heterocycles. The van der Waals surface area contributed by atoms with Gasteiger partial charge in [-0.25, -0.2) is 0 Å². The molecule has 0 bridgehead atoms. The number of carbonyl (C=O) groups is 2. The summed E-state index contributed by atoms with van der Waals surface area (Å²) in [7, 11) is 4.38. The minimum atomic E-state index is -1.02. The fourth-order valence-electron chi connectivity index (χ4n) is 4.69. The van der Waals surface area contributed by atoms with Crippen molar-refractivity contribution < 1.29 is 38.4 Å². The summed E-state index contributed by atoms with van der Waals surface area (Å²) >= 11 is 0. The van der Waals surface area contributed by atoms with Gasteiger partial charge in [0.1, 0.15) is 41.8 Å². The van der Waals surface area contributed by atoms with Gasteiger partial charge in [-0.15, -0.1) is 0 Å². The number of aliphatic hydroxyl groups excluding tert-OH is 1. The number of carbonyl (C=O) groups excluding carboxylic acids is 2. The number of ketones is 1. The Kier molecular flexibility index (Phi) is 6.35. The number of fused-ring (bicyclic) bond motifs is 1. The fourth-order valence-corrected chi connectivity index (χ4v) is 4.69. The SMILES string of the molecule is COc1ccccc1C1/C(=C(\O)c2c(OC)cccc2OC)C(=O)C(=O)N1c1ccc2c(c1)OCCO2. The maximum atomic E-state index is 13.6. The van der Waals surface area contributed by atoms with E-state index in [9.17, 15) is 14.7 Å². The van der Waals surface area contributed by atoms with Crippen LogP contribution in [0.3, 0.4) is 0 Å². The molecule has 9 heteroatoms. The molecule has 1 saturated heterocycles. The molecule has 37 heavy (non-hydrogen) atoms. The van der Waals surface area contributed by atoms with Gasteiger partial charge in [0.25, 0.3) is 11.7 Å². The lowest BCUT2D eigenvalue weighted by atomic mass is 9.93. The highest BCUT2D eigenvalue weighted by Crippen LogP contribution is 2.48. The summed E-state index contributed by atoms with van der Waals surface area (Å²) in [6.07, 6.45) is 0. The minimum absolute atomic E-state index is 0.132. The second kappa shape index (κ2) is 9.77. The zero-order valence-corrected chi connectivity index (χ0v) is 20.5. The predicted octanol–water partition coefficient (Wildman–Crippen LogP) is 4.11. The van der Waals surface area contributed by atoms with Gasteiger partial charge in [-0.1, -0.05) is 24.3 Å². The molecule has 1 unspecified atom stereocenters. The molecule has 0 aromatic heterocycles. The molecule has 0 spiro atoms. The fraction of sp³-hybridized carbons (Fsp3) is 0.214. The molecule has 190 valence electrons. The third kappa shape index (κ3) is 3.98. The lowest BCUT2D eigenvalue weighted by Crippen LogP contribution is -2.30. The maximum absolute atomic E-state index is 13.6. The number of nitrogens with zero attached hydrogens (tertiary/aromatic N) is 1. The molecular formula is C28H25NO8. The van der Waals surface area contributed by atoms with Crippen LogP contribution in [0.1, 0.15) is 17.2 Å². The van der Waals surface area contributed by atoms with Gasteiger partial charge < -0.3 is 28.8 Å². The molecule has 1 atom stereocenters. The summed E-state index contributed by atoms with van der Waals surface area (Å²) in [4.78, 5) is 28.5. The third-order valence-electron chi connectivity index (χ3n) is 6.35. The second-order valence-electron chi connectivity index (χ2n) is 8.28. The van der Waals surface area contributed by atoms with Crippen LogP contribution in [0.15, 0.2) is 66.2 Å². The number of hydrogen-bond donors (Lipinski definition) is 1. The van der Waals surface area contributed by atoms with Crippen molar-refractivity contribution in [2.24, 2.45) is 0 Å². The average Bonchev–Trinajstić information content (AvgIpc) is 3.21. The Morgan fingerprint density at radius 3 is 2.14 bits per heavy atom. The summed E-state index contributed by atoms with van der Waals surface area (Å²) in [6, 6.07) is 16.0. The molecule has 0 radical (unpaired) electrons. The zero-order chi connectivity index (χ0) is 26.1. The van der Waals surface area contributed by atoms with Crippen LogP contribution in [0.25, 0.3) is 5.76 Å². The Bertz CT molecular complexity index is 1390. The van der Waals surface area contributed by atoms with Crippen LogP contribution in [0.5, 0.6) is 28.7 Å². The van der Waals surface area contributed by atoms with E-state index in [-0.39, 0.29) is 22.6 Å². The van der Waals surface area contributed by atoms with Gasteiger partial charge in [-0.05, 0) is 30.3 Å². The topological polar surface area (TPSA) is 104 Å². The van der Waals surface area contributed by atoms with E-state index in [1.165, 1.54) is 26.2 Å². The van der Waals surface area contributed by atoms with Gasteiger partial charge in [0.2, 0.25) is 0 Å². The monoisotopic (exact) mass is 503 g/mol. The molecule has 1 fully saturated rings. The van der Waals surface area contributed by atoms with E-state index in [0.29, 0.717) is 41.7 Å². The number of benzene rings is 3. The van der Waals surface area contributed by atoms with E-state index in [1.54, 1.807) is 60.7 Å². The van der Waals surface area contributed by atoms with Crippen LogP contribution in [0, 0.1) is 0 Å². The smallest absolute Gasteiger partial charge is 0.300 e. The lowest BCUT2D eigenvalue weighted by molar-refractivity contribution is -0.132. The van der Waals surface area contributed by atoms with E-state index in [2.05, 4.69) is 0 Å². The summed E-state index contributed by atoms with van der Waals surface area (Å²) in [6.45, 7) is 0.775. The first-order chi connectivity index (χ1) is 18.0. The highest BCUT2D eigenvalue weighted by molar-refractivity contribution is 6.51. The van der Waals surface area contributed by atoms with Crippen LogP contribution >= 0.6 is 0 Å². The maximum Gasteiger partial charge on any atom is 0.300 e. The number of anilines is 1. The van der Waals surface area contributed by atoms with Gasteiger partial charge in [0.05, 0.1) is 32.9 Å². The van der Waals surface area contributed by atoms with Crippen LogP contribution in [-0.2, 0) is 9.59 Å². The van der Waals surface area contributed by atoms with E-state index < -0.39 is 23.5 Å². The molecular weight excluding hydrogens is 478 g/mol. The molecule has 0 saturated carbocycles. The summed E-state index contributed by atoms with van der Waals surface area (Å²) in [5.41, 5.74) is 0.933. The van der Waals surface area contributed by atoms with Crippen molar-refractivity contribution in [2.75, 3.05) is 39.4 Å². The molecule has 3 aromatic rings. The quantitative estimate of drug-likeness (QED) is 0.305. The summed E-state index contributed by atoms with van der Waals surface area (Å²) in [5.74, 6) is -0.116. The van der Waals surface area contributed by atoms with Crippen molar-refractivity contribution in [2.45, 2.75) is 6.04 Å². The highest BCUT2D eigenvalue weighted by Gasteiger charge is 2.48. The lowest BCUT2D eigenvalue weighted by Gasteiger charge is -2.28. The zero-order valence-electron chi connectivity index (χ0n) is 20.5. The average molecular weight is 504 g/mol. The number of hydrogen-bond acceptors (Lipinski definition) is 8. The van der Waals surface area contributed by atoms with E-state index >= 15 is 0 Å². The largest absolute Gasteiger partial charge is 0.506 e. The van der Waals surface area contributed by atoms with Gasteiger partial charge in [-0.2, -0.15) is 0 Å². The van der Waals surface area contributed by atoms with Crippen molar-refractivity contribution in [3.8, 4) is 28.7 Å². The van der Waals surface area contributed by atoms with Gasteiger partial charge >= 0.3 is 0 Å². The minimum Gasteiger partial charge on any atom is -0.506 e. The number of aliphatic hydroxyl groups is 1. The molecule has 0 aliphatic carbocycles. The van der Waals surface area contributed by atoms with E-state index in [1.807, 2.05) is 0 Å². The van der Waals surface area contributed by atoms with Crippen molar-refractivity contribution in [3.63, 3.8) is 0 Å². The van der Waals surface area contributed by atoms with E-state index in [0.717, 1.165) is 0 Å². The van der Waals surface area contributed by atoms with E-state index in [4.69, 9.17) is 23.7 Å². The standard InChI is InChI=1S/C28H25NO8/c1-33-18-8-5-4-7-17(18)25-24(26(30)23-20(34-2)9-6-10-21(23)35-3)27(31)28(32)29(25)16-11-12-19-22(15-16)37-14-13-36-19/h4-12,15,25,30H,13-14H2,1-3H3/b26-24+. The summed E-state index contributed by atoms with van der Waals surface area (Å²) in [5, 5.41) is 11.6. The van der Waals surface area contributed by atoms with Crippen LogP contribution < -0.4 is 28.6 Å². The molecule has 9 nitrogen and oxygen atoms in total. The molecule has 3 aromatic carbocycles. The number of rotatable bonds is 6. The van der Waals surface area contributed by atoms with Crippen molar-refractivity contribution in [1.82, 2.24) is 0 Å². The third-order valence-corrected chi connectivity index (χ3v) is 6.35. The van der Waals surface area contributed by atoms with Gasteiger partial charge in [-0.3, -0.25) is 14.5 Å². The number of Topliss-reactive ketones (excluding diaryl/α,β-unsaturated/α-hetero) is 1. The molecule has 1 amide bonds. The number of ether oxygens (including phenoxy) is 5. The number of methoxy groups -OCH3 is 3. The van der Waals surface area contributed by atoms with Crippen LogP contribution in [0.2, 0.25) is 0 Å². The van der Waals surface area contributed by atoms with Crippen molar-refractivity contribution >= 4 is 23.1 Å². The number of amides is 1. The highest BCUT2D eigenvalue weighted by atomic mass is 16.6. The van der Waals surface area contributed by atoms with Crippen LogP contribution in [0.4, 0.5) is 5.69 Å². The Labute approximate surface area is 213 Å². The predicted molar refractivity (Wildman–Crippen MR) is 135 cm³/mol. The first kappa shape index (κ1) is 24.1. The Morgan fingerprint density at radius 1 is 0.838 bits per heavy atom. The summed E-state index contributed by atoms with van der Waals surface area (Å²) < 4.78 is 27.8. The van der Waals surface area contributed by atoms with Crippen LogP contribution in [-0.4, -0.2) is 51.3 Å². The molecule has 2 aliphatic heterocycles. The first-order valence-electron chi connectivity index (χ1n) is 11.5. The van der Waals surface area contributed by atoms with Gasteiger partial charge in [0, 0.05) is 17.3 Å². The van der Waals surface area contributed by atoms with Crippen molar-refractivity contribution in [3.05, 3.63) is 77.4 Å². The van der Waals surface area contributed by atoms with Gasteiger partial charge in [0.15, 0.2) is 11.5 Å². The Hall–Kier alpha value is -4.66. The van der Waals surface area contributed by atoms with Crippen molar-refractivity contribution in [1.29, 1.82) is 0 Å². The normalized spacial score (nSPS) is 18.0. The Morgan fingerprint density at radius 2 is 1.46 bits per heavy atom. The molecule has 2 aliphatic rings. The second-order valence-corrected chi connectivity index (χ2v) is 8.28. The molecule has 1 N–H and O–H groups in total. The number of para-hydroxylation sites is 1. The molecule has 5 rings (SSSR count).